The van der Waals surface area contributed by atoms with Gasteiger partial charge >= 0.3 is 0 Å². The Bertz CT molecular complexity index is 1320. The van der Waals surface area contributed by atoms with Crippen molar-refractivity contribution in [1.29, 1.82) is 0 Å². The normalized spacial score (nSPS) is 20.7. The van der Waals surface area contributed by atoms with Crippen LogP contribution in [0.5, 0.6) is 0 Å². The van der Waals surface area contributed by atoms with Crippen LogP contribution in [0.3, 0.4) is 0 Å². The Morgan fingerprint density at radius 1 is 0.489 bits per heavy atom. The predicted octanol–water partition coefficient (Wildman–Crippen LogP) is 7.76. The maximum absolute atomic E-state index is 6.73. The van der Waals surface area contributed by atoms with E-state index in [1.165, 1.54) is 0 Å². The van der Waals surface area contributed by atoms with Crippen LogP contribution in [0.2, 0.25) is 0 Å². The first-order valence-electron chi connectivity index (χ1n) is 16.6. The van der Waals surface area contributed by atoms with Gasteiger partial charge in [0.2, 0.25) is 0 Å². The van der Waals surface area contributed by atoms with Gasteiger partial charge in [-0.05, 0) is 28.7 Å². The Morgan fingerprint density at radius 3 is 1.38 bits per heavy atom. The van der Waals surface area contributed by atoms with Crippen molar-refractivity contribution in [2.45, 2.75) is 77.4 Å². The van der Waals surface area contributed by atoms with Crippen LogP contribution in [0.1, 0.15) is 42.5 Å². The molecule has 5 unspecified atom stereocenters. The first kappa shape index (κ1) is 36.4. The van der Waals surface area contributed by atoms with Gasteiger partial charge in [0.1, 0.15) is 24.4 Å². The minimum Gasteiger partial charge on any atom is -0.385 e. The topological polar surface area (TPSA) is 64.6 Å². The summed E-state index contributed by atoms with van der Waals surface area (Å²) in [5.41, 5.74) is 4.25. The zero-order chi connectivity index (χ0) is 32.9. The number of rotatable bonds is 18. The molecule has 5 rings (SSSR count). The van der Waals surface area contributed by atoms with Gasteiger partial charge < -0.3 is 33.2 Å². The standard InChI is InChI=1S/C38H44O7.C2H6/c1-39-23-14-24-41-38-37(44-28-33-21-12-5-13-22-33)36(43-27-32-19-10-4-11-20-32)35(42-26-31-17-8-3-9-18-31)34(45-38)29-40-25-30-15-6-2-7-16-30;1-2/h2-13,15-22,34-38H,14,23-29H2,1H3;1-2H3. The molecule has 0 aliphatic carbocycles. The van der Waals surface area contributed by atoms with Gasteiger partial charge in [-0.2, -0.15) is 0 Å². The minimum absolute atomic E-state index is 0.295. The van der Waals surface area contributed by atoms with E-state index in [0.29, 0.717) is 46.2 Å². The highest BCUT2D eigenvalue weighted by Crippen LogP contribution is 2.31. The van der Waals surface area contributed by atoms with E-state index in [2.05, 4.69) is 24.3 Å². The molecule has 4 aromatic carbocycles. The third-order valence-electron chi connectivity index (χ3n) is 7.62. The van der Waals surface area contributed by atoms with E-state index in [0.717, 1.165) is 28.7 Å². The van der Waals surface area contributed by atoms with Crippen LogP contribution < -0.4 is 0 Å². The summed E-state index contributed by atoms with van der Waals surface area (Å²) in [7, 11) is 1.69. The molecule has 7 heteroatoms. The molecule has 0 N–H and O–H groups in total. The maximum Gasteiger partial charge on any atom is 0.186 e. The molecule has 5 atom stereocenters. The van der Waals surface area contributed by atoms with E-state index < -0.39 is 30.7 Å². The van der Waals surface area contributed by atoms with Crippen LogP contribution in [0.25, 0.3) is 0 Å². The summed E-state index contributed by atoms with van der Waals surface area (Å²) in [4.78, 5) is 0. The van der Waals surface area contributed by atoms with Crippen LogP contribution in [0.4, 0.5) is 0 Å². The molecule has 47 heavy (non-hydrogen) atoms. The number of hydrogen-bond acceptors (Lipinski definition) is 7. The van der Waals surface area contributed by atoms with Crippen LogP contribution in [0, 0.1) is 0 Å². The minimum atomic E-state index is -0.701. The molecular formula is C40H50O7. The fourth-order valence-electron chi connectivity index (χ4n) is 5.28. The number of methoxy groups -OCH3 is 1. The Morgan fingerprint density at radius 2 is 0.915 bits per heavy atom. The molecule has 1 heterocycles. The second kappa shape index (κ2) is 21.5. The predicted molar refractivity (Wildman–Crippen MR) is 184 cm³/mol. The molecule has 0 saturated carbocycles. The monoisotopic (exact) mass is 642 g/mol. The van der Waals surface area contributed by atoms with Crippen molar-refractivity contribution in [3.63, 3.8) is 0 Å². The summed E-state index contributed by atoms with van der Waals surface area (Å²) in [6, 6.07) is 40.4. The van der Waals surface area contributed by atoms with Gasteiger partial charge in [-0.1, -0.05) is 135 Å². The third kappa shape index (κ3) is 12.3. The van der Waals surface area contributed by atoms with Gasteiger partial charge in [0.05, 0.1) is 39.6 Å². The fraction of sp³-hybridized carbons (Fsp3) is 0.400. The van der Waals surface area contributed by atoms with E-state index >= 15 is 0 Å². The summed E-state index contributed by atoms with van der Waals surface area (Å²) >= 11 is 0. The lowest BCUT2D eigenvalue weighted by Crippen LogP contribution is -2.61. The Hall–Kier alpha value is -3.40. The van der Waals surface area contributed by atoms with Gasteiger partial charge in [-0.3, -0.25) is 0 Å². The second-order valence-corrected chi connectivity index (χ2v) is 11.0. The van der Waals surface area contributed by atoms with Crippen molar-refractivity contribution in [2.75, 3.05) is 26.9 Å². The molecule has 0 radical (unpaired) electrons. The van der Waals surface area contributed by atoms with E-state index in [9.17, 15) is 0 Å². The fourth-order valence-corrected chi connectivity index (χ4v) is 5.28. The van der Waals surface area contributed by atoms with Gasteiger partial charge in [-0.25, -0.2) is 0 Å². The van der Waals surface area contributed by atoms with E-state index in [1.54, 1.807) is 7.11 Å². The zero-order valence-electron chi connectivity index (χ0n) is 27.9. The quantitative estimate of drug-likeness (QED) is 0.103. The van der Waals surface area contributed by atoms with Crippen LogP contribution in [-0.2, 0) is 59.6 Å². The summed E-state index contributed by atoms with van der Waals surface area (Å²) in [6.07, 6.45) is -2.02. The second-order valence-electron chi connectivity index (χ2n) is 11.0. The third-order valence-corrected chi connectivity index (χ3v) is 7.62. The molecule has 0 spiro atoms. The molecule has 7 nitrogen and oxygen atoms in total. The highest BCUT2D eigenvalue weighted by atomic mass is 16.7. The van der Waals surface area contributed by atoms with Gasteiger partial charge in [0.15, 0.2) is 6.29 Å². The molecule has 1 aliphatic rings. The van der Waals surface area contributed by atoms with Gasteiger partial charge in [-0.15, -0.1) is 0 Å². The van der Waals surface area contributed by atoms with Crippen molar-refractivity contribution in [2.24, 2.45) is 0 Å². The Labute approximate surface area is 280 Å². The molecule has 0 aromatic heterocycles. The van der Waals surface area contributed by atoms with Crippen LogP contribution >= 0.6 is 0 Å². The van der Waals surface area contributed by atoms with Crippen molar-refractivity contribution in [1.82, 2.24) is 0 Å². The maximum atomic E-state index is 6.73. The lowest BCUT2D eigenvalue weighted by atomic mass is 9.97. The van der Waals surface area contributed by atoms with Crippen molar-refractivity contribution in [3.8, 4) is 0 Å². The number of benzene rings is 4. The van der Waals surface area contributed by atoms with Crippen molar-refractivity contribution in [3.05, 3.63) is 144 Å². The summed E-state index contributed by atoms with van der Waals surface area (Å²) < 4.78 is 44.5. The summed E-state index contributed by atoms with van der Waals surface area (Å²) in [6.45, 7) is 6.93. The first-order chi connectivity index (χ1) is 23.3. The Balaban J connectivity index is 0.00000245. The summed E-state index contributed by atoms with van der Waals surface area (Å²) in [5, 5.41) is 0. The largest absolute Gasteiger partial charge is 0.385 e. The Kier molecular flexibility index (Phi) is 16.6. The van der Waals surface area contributed by atoms with Crippen LogP contribution in [-0.4, -0.2) is 57.6 Å². The zero-order valence-corrected chi connectivity index (χ0v) is 27.9. The van der Waals surface area contributed by atoms with Gasteiger partial charge in [0, 0.05) is 13.7 Å². The highest BCUT2D eigenvalue weighted by Gasteiger charge is 2.49. The van der Waals surface area contributed by atoms with Crippen molar-refractivity contribution < 1.29 is 33.2 Å². The highest BCUT2D eigenvalue weighted by molar-refractivity contribution is 5.16. The SMILES string of the molecule is CC.COCCCOC1OC(COCc2ccccc2)C(OCc2ccccc2)C(OCc2ccccc2)C1OCc1ccccc1. The molecule has 1 saturated heterocycles. The molecule has 0 amide bonds. The van der Waals surface area contributed by atoms with E-state index in [4.69, 9.17) is 33.2 Å². The molecular weight excluding hydrogens is 592 g/mol. The van der Waals surface area contributed by atoms with E-state index in [1.807, 2.05) is 111 Å². The summed E-state index contributed by atoms with van der Waals surface area (Å²) in [5.74, 6) is 0. The molecule has 252 valence electrons. The average molecular weight is 643 g/mol. The molecule has 1 aliphatic heterocycles. The van der Waals surface area contributed by atoms with Gasteiger partial charge in [0.25, 0.3) is 0 Å². The lowest BCUT2D eigenvalue weighted by molar-refractivity contribution is -0.328. The number of ether oxygens (including phenoxy) is 7. The van der Waals surface area contributed by atoms with Crippen LogP contribution in [0.15, 0.2) is 121 Å². The molecule has 1 fully saturated rings. The van der Waals surface area contributed by atoms with Crippen molar-refractivity contribution >= 4 is 0 Å². The smallest absolute Gasteiger partial charge is 0.186 e. The first-order valence-corrected chi connectivity index (χ1v) is 16.6. The number of hydrogen-bond donors (Lipinski definition) is 0. The lowest BCUT2D eigenvalue weighted by Gasteiger charge is -2.46. The van der Waals surface area contributed by atoms with E-state index in [-0.39, 0.29) is 0 Å². The average Bonchev–Trinajstić information content (AvgIpc) is 3.14. The molecule has 0 bridgehead atoms. The molecule has 4 aromatic rings.